The van der Waals surface area contributed by atoms with Crippen molar-refractivity contribution in [3.8, 4) is 0 Å². The number of carboxylic acid groups (broad SMARTS) is 1. The molecule has 0 saturated carbocycles. The molecule has 1 unspecified atom stereocenters. The monoisotopic (exact) mass is 258 g/mol. The summed E-state index contributed by atoms with van der Waals surface area (Å²) in [5.74, 6) is -1.04. The number of carbonyl (C=O) groups is 1. The molecule has 0 radical (unpaired) electrons. The van der Waals surface area contributed by atoms with E-state index in [0.29, 0.717) is 18.1 Å². The quantitative estimate of drug-likeness (QED) is 0.883. The zero-order valence-electron chi connectivity index (χ0n) is 9.77. The minimum Gasteiger partial charge on any atom is -0.478 e. The van der Waals surface area contributed by atoms with Crippen molar-refractivity contribution in [2.45, 2.75) is 25.2 Å². The van der Waals surface area contributed by atoms with Gasteiger partial charge in [0, 0.05) is 5.75 Å². The van der Waals surface area contributed by atoms with E-state index >= 15 is 0 Å². The summed E-state index contributed by atoms with van der Waals surface area (Å²) in [5.41, 5.74) is -0.0423. The molecule has 0 aliphatic rings. The van der Waals surface area contributed by atoms with Crippen LogP contribution in [0.5, 0.6) is 0 Å². The van der Waals surface area contributed by atoms with Crippen molar-refractivity contribution in [2.24, 2.45) is 5.92 Å². The van der Waals surface area contributed by atoms with Crippen LogP contribution in [0.4, 0.5) is 4.39 Å². The van der Waals surface area contributed by atoms with Crippen LogP contribution < -0.4 is 0 Å². The van der Waals surface area contributed by atoms with Crippen LogP contribution in [-0.2, 0) is 10.8 Å². The topological polar surface area (TPSA) is 54.4 Å². The molecule has 3 nitrogen and oxygen atoms in total. The van der Waals surface area contributed by atoms with E-state index in [1.807, 2.05) is 13.8 Å². The Hall–Kier alpha value is -1.23. The van der Waals surface area contributed by atoms with Gasteiger partial charge in [-0.3, -0.25) is 4.21 Å². The Morgan fingerprint density at radius 3 is 2.65 bits per heavy atom. The maximum Gasteiger partial charge on any atom is 0.335 e. The fourth-order valence-corrected chi connectivity index (χ4v) is 2.71. The van der Waals surface area contributed by atoms with Crippen LogP contribution in [0, 0.1) is 11.7 Å². The van der Waals surface area contributed by atoms with Crippen LogP contribution >= 0.6 is 0 Å². The van der Waals surface area contributed by atoms with Crippen molar-refractivity contribution in [3.63, 3.8) is 0 Å². The molecule has 0 aliphatic carbocycles. The Bertz CT molecular complexity index is 443. The van der Waals surface area contributed by atoms with E-state index in [1.54, 1.807) is 0 Å². The summed E-state index contributed by atoms with van der Waals surface area (Å²) in [6.07, 6.45) is 0.712. The van der Waals surface area contributed by atoms with Crippen molar-refractivity contribution in [2.75, 3.05) is 5.75 Å². The fourth-order valence-electron chi connectivity index (χ4n) is 1.26. The third kappa shape index (κ3) is 3.93. The van der Waals surface area contributed by atoms with Gasteiger partial charge in [0.2, 0.25) is 0 Å². The van der Waals surface area contributed by atoms with Gasteiger partial charge in [-0.2, -0.15) is 0 Å². The molecule has 0 bridgehead atoms. The van der Waals surface area contributed by atoms with Gasteiger partial charge in [-0.1, -0.05) is 13.8 Å². The predicted octanol–water partition coefficient (Wildman–Crippen LogP) is 2.68. The van der Waals surface area contributed by atoms with E-state index in [0.717, 1.165) is 12.1 Å². The van der Waals surface area contributed by atoms with Gasteiger partial charge in [-0.05, 0) is 30.5 Å². The van der Waals surface area contributed by atoms with Crippen LogP contribution in [0.2, 0.25) is 0 Å². The van der Waals surface area contributed by atoms with E-state index in [9.17, 15) is 13.4 Å². The van der Waals surface area contributed by atoms with Crippen molar-refractivity contribution < 1.29 is 18.5 Å². The average Bonchev–Trinajstić information content (AvgIpc) is 2.26. The highest BCUT2D eigenvalue weighted by Crippen LogP contribution is 2.16. The van der Waals surface area contributed by atoms with Gasteiger partial charge in [0.1, 0.15) is 5.82 Å². The van der Waals surface area contributed by atoms with Crippen LogP contribution in [0.3, 0.4) is 0 Å². The van der Waals surface area contributed by atoms with E-state index in [-0.39, 0.29) is 10.5 Å². The largest absolute Gasteiger partial charge is 0.478 e. The Kier molecular flexibility index (Phi) is 4.81. The molecule has 0 saturated heterocycles. The minimum absolute atomic E-state index is 0.0226. The molecule has 1 rings (SSSR count). The highest BCUT2D eigenvalue weighted by molar-refractivity contribution is 7.85. The molecule has 1 aromatic rings. The average molecular weight is 258 g/mol. The van der Waals surface area contributed by atoms with Crippen LogP contribution in [0.15, 0.2) is 23.1 Å². The molecule has 17 heavy (non-hydrogen) atoms. The van der Waals surface area contributed by atoms with Gasteiger partial charge in [-0.25, -0.2) is 9.18 Å². The Morgan fingerprint density at radius 1 is 1.47 bits per heavy atom. The van der Waals surface area contributed by atoms with Crippen molar-refractivity contribution >= 4 is 16.8 Å². The number of carboxylic acids is 1. The maximum atomic E-state index is 13.4. The molecule has 5 heteroatoms. The van der Waals surface area contributed by atoms with E-state index < -0.39 is 22.6 Å². The number of hydrogen-bond donors (Lipinski definition) is 1. The predicted molar refractivity (Wildman–Crippen MR) is 64.1 cm³/mol. The molecule has 0 amide bonds. The fraction of sp³-hybridized carbons (Fsp3) is 0.417. The van der Waals surface area contributed by atoms with Crippen LogP contribution in [0.1, 0.15) is 30.6 Å². The van der Waals surface area contributed by atoms with Gasteiger partial charge >= 0.3 is 5.97 Å². The van der Waals surface area contributed by atoms with Crippen molar-refractivity contribution in [1.29, 1.82) is 0 Å². The van der Waals surface area contributed by atoms with Crippen LogP contribution in [0.25, 0.3) is 0 Å². The molecule has 0 spiro atoms. The van der Waals surface area contributed by atoms with E-state index in [2.05, 4.69) is 0 Å². The number of rotatable bonds is 5. The minimum atomic E-state index is -1.48. The SMILES string of the molecule is CC(C)CCS(=O)c1cc(C(=O)O)ccc1F. The van der Waals surface area contributed by atoms with Gasteiger partial charge in [0.25, 0.3) is 0 Å². The summed E-state index contributed by atoms with van der Waals surface area (Å²) in [7, 11) is -1.48. The highest BCUT2D eigenvalue weighted by atomic mass is 32.2. The zero-order valence-corrected chi connectivity index (χ0v) is 10.6. The molecule has 0 aliphatic heterocycles. The third-order valence-electron chi connectivity index (χ3n) is 2.30. The smallest absolute Gasteiger partial charge is 0.335 e. The lowest BCUT2D eigenvalue weighted by Crippen LogP contribution is -2.06. The first-order valence-corrected chi connectivity index (χ1v) is 6.65. The first-order chi connectivity index (χ1) is 7.91. The molecule has 94 valence electrons. The number of halogens is 1. The summed E-state index contributed by atoms with van der Waals surface area (Å²) >= 11 is 0. The van der Waals surface area contributed by atoms with Gasteiger partial charge < -0.3 is 5.11 Å². The molecule has 1 atom stereocenters. The van der Waals surface area contributed by atoms with Crippen molar-refractivity contribution in [3.05, 3.63) is 29.6 Å². The summed E-state index contributed by atoms with van der Waals surface area (Å²) in [4.78, 5) is 10.7. The van der Waals surface area contributed by atoms with E-state index in [1.165, 1.54) is 6.07 Å². The summed E-state index contributed by atoms with van der Waals surface area (Å²) in [5, 5.41) is 8.78. The standard InChI is InChI=1S/C12H15FO3S/c1-8(2)5-6-17(16)11-7-9(12(14)15)3-4-10(11)13/h3-4,7-8H,5-6H2,1-2H3,(H,14,15). The van der Waals surface area contributed by atoms with E-state index in [4.69, 9.17) is 5.11 Å². The second kappa shape index (κ2) is 5.91. The lowest BCUT2D eigenvalue weighted by Gasteiger charge is -2.06. The lowest BCUT2D eigenvalue weighted by molar-refractivity contribution is 0.0696. The van der Waals surface area contributed by atoms with Gasteiger partial charge in [0.15, 0.2) is 0 Å². The second-order valence-corrected chi connectivity index (χ2v) is 5.72. The van der Waals surface area contributed by atoms with Crippen molar-refractivity contribution in [1.82, 2.24) is 0 Å². The lowest BCUT2D eigenvalue weighted by atomic mass is 10.2. The molecular formula is C12H15FO3S. The Labute approximate surface area is 102 Å². The summed E-state index contributed by atoms with van der Waals surface area (Å²) in [6.45, 7) is 3.97. The third-order valence-corrected chi connectivity index (χ3v) is 3.71. The second-order valence-electron chi connectivity index (χ2n) is 4.18. The summed E-state index contributed by atoms with van der Waals surface area (Å²) in [6, 6.07) is 3.36. The number of hydrogen-bond acceptors (Lipinski definition) is 2. The molecule has 0 fully saturated rings. The Balaban J connectivity index is 2.92. The van der Waals surface area contributed by atoms with Gasteiger partial charge in [-0.15, -0.1) is 0 Å². The Morgan fingerprint density at radius 2 is 2.12 bits per heavy atom. The maximum absolute atomic E-state index is 13.4. The molecule has 0 aromatic heterocycles. The number of aromatic carboxylic acids is 1. The highest BCUT2D eigenvalue weighted by Gasteiger charge is 2.14. The first-order valence-electron chi connectivity index (χ1n) is 5.33. The normalized spacial score (nSPS) is 12.7. The molecule has 1 aromatic carbocycles. The zero-order chi connectivity index (χ0) is 13.0. The molecule has 0 heterocycles. The molecular weight excluding hydrogens is 243 g/mol. The first kappa shape index (κ1) is 13.8. The molecule has 1 N–H and O–H groups in total. The summed E-state index contributed by atoms with van der Waals surface area (Å²) < 4.78 is 25.2. The number of benzene rings is 1. The van der Waals surface area contributed by atoms with Gasteiger partial charge in [0.05, 0.1) is 21.3 Å². The van der Waals surface area contributed by atoms with Crippen LogP contribution in [-0.4, -0.2) is 21.0 Å².